The lowest BCUT2D eigenvalue weighted by Gasteiger charge is -2.16. The van der Waals surface area contributed by atoms with Gasteiger partial charge in [0.25, 0.3) is 0 Å². The van der Waals surface area contributed by atoms with Gasteiger partial charge in [-0.05, 0) is 35.5 Å². The molecule has 2 rings (SSSR count). The molecule has 2 aromatic rings. The molecule has 0 saturated carbocycles. The first-order valence-electron chi connectivity index (χ1n) is 5.29. The number of rotatable bonds is 4. The molecule has 1 unspecified atom stereocenters. The quantitative estimate of drug-likeness (QED) is 0.901. The molecule has 0 saturated heterocycles. The van der Waals surface area contributed by atoms with Crippen molar-refractivity contribution in [3.8, 4) is 5.75 Å². The van der Waals surface area contributed by atoms with Crippen LogP contribution in [0.5, 0.6) is 5.75 Å². The summed E-state index contributed by atoms with van der Waals surface area (Å²) in [5.74, 6) is 0.279. The van der Waals surface area contributed by atoms with Crippen molar-refractivity contribution in [2.24, 2.45) is 0 Å². The maximum absolute atomic E-state index is 13.9. The molecule has 1 heterocycles. The second-order valence-electron chi connectivity index (χ2n) is 3.67. The third kappa shape index (κ3) is 2.48. The van der Waals surface area contributed by atoms with Gasteiger partial charge >= 0.3 is 0 Å². The average Bonchev–Trinajstić information content (AvgIpc) is 2.85. The van der Waals surface area contributed by atoms with Crippen molar-refractivity contribution in [1.82, 2.24) is 5.32 Å². The van der Waals surface area contributed by atoms with E-state index < -0.39 is 0 Å². The summed E-state index contributed by atoms with van der Waals surface area (Å²) in [5.41, 5.74) is 1.70. The molecule has 17 heavy (non-hydrogen) atoms. The normalized spacial score (nSPS) is 12.4. The molecule has 1 aromatic carbocycles. The summed E-state index contributed by atoms with van der Waals surface area (Å²) in [5, 5.41) is 7.13. The Morgan fingerprint density at radius 2 is 2.18 bits per heavy atom. The Balaban J connectivity index is 2.38. The zero-order chi connectivity index (χ0) is 12.3. The highest BCUT2D eigenvalue weighted by Crippen LogP contribution is 2.27. The van der Waals surface area contributed by atoms with E-state index in [1.807, 2.05) is 23.9 Å². The molecule has 1 aromatic heterocycles. The van der Waals surface area contributed by atoms with Crippen molar-refractivity contribution in [2.45, 2.75) is 6.04 Å². The minimum Gasteiger partial charge on any atom is -0.497 e. The first kappa shape index (κ1) is 12.1. The number of nitrogens with one attached hydrogen (secondary N) is 1. The van der Waals surface area contributed by atoms with E-state index in [-0.39, 0.29) is 11.9 Å². The van der Waals surface area contributed by atoms with Crippen molar-refractivity contribution in [1.29, 1.82) is 0 Å². The second kappa shape index (κ2) is 5.29. The number of benzene rings is 1. The lowest BCUT2D eigenvalue weighted by molar-refractivity contribution is 0.410. The third-order valence-electron chi connectivity index (χ3n) is 2.68. The summed E-state index contributed by atoms with van der Waals surface area (Å²) in [7, 11) is 3.36. The summed E-state index contributed by atoms with van der Waals surface area (Å²) < 4.78 is 18.9. The van der Waals surface area contributed by atoms with Gasteiger partial charge in [0.1, 0.15) is 11.6 Å². The summed E-state index contributed by atoms with van der Waals surface area (Å²) in [6.07, 6.45) is 0. The Kier molecular flexibility index (Phi) is 3.76. The highest BCUT2D eigenvalue weighted by Gasteiger charge is 2.16. The highest BCUT2D eigenvalue weighted by atomic mass is 32.1. The van der Waals surface area contributed by atoms with E-state index in [1.165, 1.54) is 13.2 Å². The molecular formula is C13H14FNOS. The van der Waals surface area contributed by atoms with E-state index in [0.717, 1.165) is 5.56 Å². The first-order valence-corrected chi connectivity index (χ1v) is 6.23. The van der Waals surface area contributed by atoms with E-state index in [1.54, 1.807) is 23.5 Å². The molecule has 0 aliphatic heterocycles. The molecule has 0 amide bonds. The average molecular weight is 251 g/mol. The minimum absolute atomic E-state index is 0.118. The molecule has 0 radical (unpaired) electrons. The number of ether oxygens (including phenoxy) is 1. The molecule has 0 bridgehead atoms. The minimum atomic E-state index is -0.255. The Hall–Kier alpha value is -1.39. The smallest absolute Gasteiger partial charge is 0.132 e. The Labute approximate surface area is 104 Å². The van der Waals surface area contributed by atoms with Crippen LogP contribution in [-0.2, 0) is 0 Å². The van der Waals surface area contributed by atoms with Gasteiger partial charge in [0.05, 0.1) is 13.2 Å². The van der Waals surface area contributed by atoms with Crippen molar-refractivity contribution in [3.63, 3.8) is 0 Å². The number of halogens is 1. The van der Waals surface area contributed by atoms with Gasteiger partial charge in [0, 0.05) is 11.6 Å². The molecule has 2 nitrogen and oxygen atoms in total. The summed E-state index contributed by atoms with van der Waals surface area (Å²) >= 11 is 1.60. The van der Waals surface area contributed by atoms with Crippen LogP contribution >= 0.6 is 11.3 Å². The Morgan fingerprint density at radius 1 is 1.35 bits per heavy atom. The van der Waals surface area contributed by atoms with Crippen LogP contribution in [0.4, 0.5) is 4.39 Å². The maximum Gasteiger partial charge on any atom is 0.132 e. The van der Waals surface area contributed by atoms with Gasteiger partial charge in [-0.2, -0.15) is 11.3 Å². The summed E-state index contributed by atoms with van der Waals surface area (Å²) in [6.45, 7) is 0. The van der Waals surface area contributed by atoms with Crippen LogP contribution in [0.25, 0.3) is 0 Å². The van der Waals surface area contributed by atoms with Gasteiger partial charge in [0.15, 0.2) is 0 Å². The van der Waals surface area contributed by atoms with Crippen molar-refractivity contribution >= 4 is 11.3 Å². The van der Waals surface area contributed by atoms with Crippen LogP contribution in [-0.4, -0.2) is 14.2 Å². The number of thiophene rings is 1. The van der Waals surface area contributed by atoms with E-state index >= 15 is 0 Å². The van der Waals surface area contributed by atoms with Gasteiger partial charge in [-0.25, -0.2) is 4.39 Å². The summed E-state index contributed by atoms with van der Waals surface area (Å²) in [4.78, 5) is 0. The fraction of sp³-hybridized carbons (Fsp3) is 0.231. The van der Waals surface area contributed by atoms with Gasteiger partial charge in [-0.3, -0.25) is 0 Å². The van der Waals surface area contributed by atoms with Crippen LogP contribution < -0.4 is 10.1 Å². The van der Waals surface area contributed by atoms with Crippen LogP contribution in [0.3, 0.4) is 0 Å². The zero-order valence-corrected chi connectivity index (χ0v) is 10.6. The predicted octanol–water partition coefficient (Wildman–Crippen LogP) is 3.20. The van der Waals surface area contributed by atoms with Gasteiger partial charge in [0.2, 0.25) is 0 Å². The molecule has 1 atom stereocenters. The number of hydrogen-bond donors (Lipinski definition) is 1. The first-order chi connectivity index (χ1) is 8.26. The molecule has 0 spiro atoms. The predicted molar refractivity (Wildman–Crippen MR) is 68.2 cm³/mol. The monoisotopic (exact) mass is 251 g/mol. The van der Waals surface area contributed by atoms with Crippen LogP contribution in [0.1, 0.15) is 17.2 Å². The molecule has 1 N–H and O–H groups in total. The lowest BCUT2D eigenvalue weighted by atomic mass is 10.0. The number of hydrogen-bond acceptors (Lipinski definition) is 3. The topological polar surface area (TPSA) is 21.3 Å². The molecule has 4 heteroatoms. The zero-order valence-electron chi connectivity index (χ0n) is 9.74. The van der Waals surface area contributed by atoms with E-state index in [9.17, 15) is 4.39 Å². The van der Waals surface area contributed by atoms with E-state index in [2.05, 4.69) is 5.32 Å². The fourth-order valence-corrected chi connectivity index (χ4v) is 2.50. The highest BCUT2D eigenvalue weighted by molar-refractivity contribution is 7.08. The van der Waals surface area contributed by atoms with Gasteiger partial charge in [-0.1, -0.05) is 6.07 Å². The fourth-order valence-electron chi connectivity index (χ4n) is 1.81. The Morgan fingerprint density at radius 3 is 2.71 bits per heavy atom. The molecular weight excluding hydrogens is 237 g/mol. The lowest BCUT2D eigenvalue weighted by Crippen LogP contribution is -2.18. The molecule has 90 valence electrons. The van der Waals surface area contributed by atoms with Crippen molar-refractivity contribution in [2.75, 3.05) is 14.2 Å². The van der Waals surface area contributed by atoms with Crippen LogP contribution in [0, 0.1) is 5.82 Å². The van der Waals surface area contributed by atoms with Gasteiger partial charge in [-0.15, -0.1) is 0 Å². The number of methoxy groups -OCH3 is 1. The SMILES string of the molecule is CNC(c1ccsc1)c1ccc(OC)cc1F. The molecule has 0 fully saturated rings. The van der Waals surface area contributed by atoms with Crippen molar-refractivity contribution in [3.05, 3.63) is 52.0 Å². The molecule has 0 aliphatic carbocycles. The van der Waals surface area contributed by atoms with Gasteiger partial charge < -0.3 is 10.1 Å². The molecule has 0 aliphatic rings. The third-order valence-corrected chi connectivity index (χ3v) is 3.39. The largest absolute Gasteiger partial charge is 0.497 e. The van der Waals surface area contributed by atoms with E-state index in [0.29, 0.717) is 11.3 Å². The van der Waals surface area contributed by atoms with Crippen molar-refractivity contribution < 1.29 is 9.13 Å². The maximum atomic E-state index is 13.9. The Bertz CT molecular complexity index is 484. The standard InChI is InChI=1S/C13H14FNOS/c1-15-13(9-5-6-17-8-9)11-4-3-10(16-2)7-12(11)14/h3-8,13,15H,1-2H3. The second-order valence-corrected chi connectivity index (χ2v) is 4.45. The van der Waals surface area contributed by atoms with Crippen LogP contribution in [0.15, 0.2) is 35.0 Å². The van der Waals surface area contributed by atoms with E-state index in [4.69, 9.17) is 4.74 Å². The summed E-state index contributed by atoms with van der Waals surface area (Å²) in [6, 6.07) is 6.82. The van der Waals surface area contributed by atoms with Crippen LogP contribution in [0.2, 0.25) is 0 Å².